The first kappa shape index (κ1) is 17.7. The topological polar surface area (TPSA) is 82.1 Å². The molecule has 134 valence electrons. The van der Waals surface area contributed by atoms with E-state index < -0.39 is 16.0 Å². The predicted octanol–water partition coefficient (Wildman–Crippen LogP) is 2.47. The molecule has 0 N–H and O–H groups in total. The maximum Gasteiger partial charge on any atom is 0.349 e. The van der Waals surface area contributed by atoms with E-state index in [1.807, 2.05) is 0 Å². The molecule has 1 aromatic carbocycles. The van der Waals surface area contributed by atoms with Crippen LogP contribution < -0.4 is 9.47 Å². The van der Waals surface area contributed by atoms with E-state index in [1.165, 1.54) is 17.5 Å². The molecule has 9 heteroatoms. The third kappa shape index (κ3) is 3.35. The maximum atomic E-state index is 13.0. The van der Waals surface area contributed by atoms with Gasteiger partial charge in [0.25, 0.3) is 0 Å². The Morgan fingerprint density at radius 1 is 1.28 bits per heavy atom. The van der Waals surface area contributed by atoms with E-state index >= 15 is 0 Å². The maximum absolute atomic E-state index is 13.0. The highest BCUT2D eigenvalue weighted by Gasteiger charge is 2.30. The summed E-state index contributed by atoms with van der Waals surface area (Å²) in [7, 11) is -2.61. The smallest absolute Gasteiger partial charge is 0.349 e. The molecular formula is C16H17NO6S2. The van der Waals surface area contributed by atoms with Crippen LogP contribution in [-0.4, -0.2) is 39.1 Å². The van der Waals surface area contributed by atoms with Crippen molar-refractivity contribution in [2.45, 2.75) is 18.4 Å². The van der Waals surface area contributed by atoms with Crippen molar-refractivity contribution < 1.29 is 27.4 Å². The fourth-order valence-corrected chi connectivity index (χ4v) is 5.24. The number of sulfonamides is 1. The summed E-state index contributed by atoms with van der Waals surface area (Å²) in [6.07, 6.45) is 0. The minimum absolute atomic E-state index is 0.0352. The molecule has 2 aromatic rings. The molecular weight excluding hydrogens is 366 g/mol. The van der Waals surface area contributed by atoms with Gasteiger partial charge in [0.05, 0.1) is 7.11 Å². The van der Waals surface area contributed by atoms with Gasteiger partial charge in [0.15, 0.2) is 11.5 Å². The van der Waals surface area contributed by atoms with Crippen LogP contribution in [0.25, 0.3) is 0 Å². The second-order valence-corrected chi connectivity index (χ2v) is 8.05. The number of methoxy groups -OCH3 is 1. The van der Waals surface area contributed by atoms with Gasteiger partial charge < -0.3 is 14.2 Å². The van der Waals surface area contributed by atoms with Crippen molar-refractivity contribution in [2.24, 2.45) is 0 Å². The van der Waals surface area contributed by atoms with Crippen LogP contribution in [0.3, 0.4) is 0 Å². The number of thiophene rings is 1. The van der Waals surface area contributed by atoms with E-state index in [9.17, 15) is 13.2 Å². The highest BCUT2D eigenvalue weighted by Crippen LogP contribution is 2.33. The summed E-state index contributed by atoms with van der Waals surface area (Å²) in [5, 5.41) is 1.56. The number of fused-ring (bicyclic) bond motifs is 1. The average Bonchev–Trinajstić information content (AvgIpc) is 3.27. The summed E-state index contributed by atoms with van der Waals surface area (Å²) >= 11 is 1.04. The van der Waals surface area contributed by atoms with Crippen molar-refractivity contribution in [2.75, 3.05) is 20.4 Å². The summed E-state index contributed by atoms with van der Waals surface area (Å²) in [5.74, 6) is 0.574. The Bertz CT molecular complexity index is 890. The van der Waals surface area contributed by atoms with Crippen molar-refractivity contribution in [3.63, 3.8) is 0 Å². The van der Waals surface area contributed by atoms with Gasteiger partial charge in [-0.15, -0.1) is 11.3 Å². The van der Waals surface area contributed by atoms with Crippen LogP contribution in [0.1, 0.15) is 22.2 Å². The van der Waals surface area contributed by atoms with Crippen LogP contribution in [0.2, 0.25) is 0 Å². The summed E-state index contributed by atoms with van der Waals surface area (Å²) < 4.78 is 42.5. The third-order valence-corrected chi connectivity index (χ3v) is 6.75. The first-order chi connectivity index (χ1) is 12.0. The van der Waals surface area contributed by atoms with Crippen molar-refractivity contribution in [3.05, 3.63) is 40.1 Å². The molecule has 0 fully saturated rings. The fourth-order valence-electron chi connectivity index (χ4n) is 2.49. The van der Waals surface area contributed by atoms with Gasteiger partial charge in [-0.25, -0.2) is 13.2 Å². The lowest BCUT2D eigenvalue weighted by molar-refractivity contribution is 0.0602. The number of nitrogens with zero attached hydrogens (tertiary/aromatic N) is 1. The Kier molecular flexibility index (Phi) is 4.98. The van der Waals surface area contributed by atoms with Gasteiger partial charge in [0, 0.05) is 13.1 Å². The van der Waals surface area contributed by atoms with E-state index in [0.717, 1.165) is 16.9 Å². The van der Waals surface area contributed by atoms with E-state index in [2.05, 4.69) is 4.74 Å². The minimum atomic E-state index is -3.83. The monoisotopic (exact) mass is 383 g/mol. The van der Waals surface area contributed by atoms with Crippen LogP contribution in [0.5, 0.6) is 11.5 Å². The average molecular weight is 383 g/mol. The Morgan fingerprint density at radius 2 is 2.04 bits per heavy atom. The lowest BCUT2D eigenvalue weighted by Gasteiger charge is -2.20. The number of esters is 1. The lowest BCUT2D eigenvalue weighted by atomic mass is 10.2. The third-order valence-electron chi connectivity index (χ3n) is 3.77. The number of carbonyl (C=O) groups excluding carboxylic acids is 1. The predicted molar refractivity (Wildman–Crippen MR) is 91.5 cm³/mol. The normalized spacial score (nSPS) is 13.2. The molecule has 1 aliphatic rings. The van der Waals surface area contributed by atoms with Crippen LogP contribution in [-0.2, 0) is 21.3 Å². The second kappa shape index (κ2) is 7.03. The molecule has 0 aliphatic carbocycles. The Hall–Kier alpha value is -2.10. The molecule has 1 aromatic heterocycles. The number of carbonyl (C=O) groups is 1. The number of rotatable bonds is 6. The zero-order valence-corrected chi connectivity index (χ0v) is 15.4. The van der Waals surface area contributed by atoms with Crippen LogP contribution in [0, 0.1) is 0 Å². The van der Waals surface area contributed by atoms with Gasteiger partial charge in [-0.1, -0.05) is 13.0 Å². The summed E-state index contributed by atoms with van der Waals surface area (Å²) in [6.45, 7) is 2.32. The van der Waals surface area contributed by atoms with Gasteiger partial charge in [0.2, 0.25) is 16.8 Å². The zero-order valence-electron chi connectivity index (χ0n) is 13.7. The Balaban J connectivity index is 1.90. The highest BCUT2D eigenvalue weighted by molar-refractivity contribution is 7.89. The molecule has 0 atom stereocenters. The standard InChI is InChI=1S/C16H17NO6S2/c1-3-17(9-11-4-5-12-13(8-11)23-10-22-12)25(19,20)14-6-7-24-15(14)16(18)21-2/h4-8H,3,9-10H2,1-2H3. The summed E-state index contributed by atoms with van der Waals surface area (Å²) in [5.41, 5.74) is 0.768. The first-order valence-corrected chi connectivity index (χ1v) is 9.83. The minimum Gasteiger partial charge on any atom is -0.465 e. The van der Waals surface area contributed by atoms with Gasteiger partial charge in [-0.05, 0) is 29.1 Å². The zero-order chi connectivity index (χ0) is 18.0. The molecule has 0 amide bonds. The molecule has 3 rings (SSSR count). The largest absolute Gasteiger partial charge is 0.465 e. The first-order valence-electron chi connectivity index (χ1n) is 7.52. The molecule has 0 unspecified atom stereocenters. The van der Waals surface area contributed by atoms with Crippen LogP contribution in [0.4, 0.5) is 0 Å². The molecule has 0 saturated carbocycles. The molecule has 7 nitrogen and oxygen atoms in total. The number of benzene rings is 1. The van der Waals surface area contributed by atoms with Crippen LogP contribution >= 0.6 is 11.3 Å². The van der Waals surface area contributed by atoms with E-state index in [4.69, 9.17) is 9.47 Å². The summed E-state index contributed by atoms with van der Waals surface area (Å²) in [6, 6.07) is 6.73. The molecule has 0 radical (unpaired) electrons. The highest BCUT2D eigenvalue weighted by atomic mass is 32.2. The SMILES string of the molecule is CCN(Cc1ccc2c(c1)OCO2)S(=O)(=O)c1ccsc1C(=O)OC. The summed E-state index contributed by atoms with van der Waals surface area (Å²) in [4.78, 5) is 11.9. The second-order valence-electron chi connectivity index (χ2n) is 5.22. The fraction of sp³-hybridized carbons (Fsp3) is 0.312. The number of hydrogen-bond acceptors (Lipinski definition) is 7. The molecule has 2 heterocycles. The molecule has 1 aliphatic heterocycles. The van der Waals surface area contributed by atoms with Crippen molar-refractivity contribution >= 4 is 27.3 Å². The van der Waals surface area contributed by atoms with E-state index in [1.54, 1.807) is 30.5 Å². The molecule has 25 heavy (non-hydrogen) atoms. The van der Waals surface area contributed by atoms with Gasteiger partial charge in [-0.3, -0.25) is 0 Å². The number of ether oxygens (including phenoxy) is 3. The van der Waals surface area contributed by atoms with Gasteiger partial charge in [-0.2, -0.15) is 4.31 Å². The lowest BCUT2D eigenvalue weighted by Crippen LogP contribution is -2.31. The van der Waals surface area contributed by atoms with Crippen LogP contribution in [0.15, 0.2) is 34.5 Å². The van der Waals surface area contributed by atoms with Gasteiger partial charge in [0.1, 0.15) is 9.77 Å². The van der Waals surface area contributed by atoms with E-state index in [-0.39, 0.29) is 29.7 Å². The number of hydrogen-bond donors (Lipinski definition) is 0. The Labute approximate surface area is 149 Å². The van der Waals surface area contributed by atoms with Crippen molar-refractivity contribution in [1.82, 2.24) is 4.31 Å². The van der Waals surface area contributed by atoms with Crippen molar-refractivity contribution in [3.8, 4) is 11.5 Å². The Morgan fingerprint density at radius 3 is 2.76 bits per heavy atom. The quantitative estimate of drug-likeness (QED) is 0.713. The molecule has 0 saturated heterocycles. The van der Waals surface area contributed by atoms with E-state index in [0.29, 0.717) is 11.5 Å². The molecule has 0 spiro atoms. The molecule has 0 bridgehead atoms. The van der Waals surface area contributed by atoms with Crippen molar-refractivity contribution in [1.29, 1.82) is 0 Å². The van der Waals surface area contributed by atoms with Gasteiger partial charge >= 0.3 is 5.97 Å².